The van der Waals surface area contributed by atoms with Crippen LogP contribution in [-0.2, 0) is 14.3 Å². The minimum absolute atomic E-state index is 0.0664. The Hall–Kier alpha value is -2.15. The molecule has 1 fully saturated rings. The normalized spacial score (nSPS) is 21.6. The zero-order chi connectivity index (χ0) is 18.7. The minimum Gasteiger partial charge on any atom is -0.449 e. The molecule has 3 atom stereocenters. The number of amides is 1. The summed E-state index contributed by atoms with van der Waals surface area (Å²) in [6.07, 6.45) is -1.08. The van der Waals surface area contributed by atoms with Crippen molar-refractivity contribution in [3.8, 4) is 0 Å². The molecular weight excluding hydrogens is 327 g/mol. The molecule has 25 heavy (non-hydrogen) atoms. The third kappa shape index (κ3) is 4.69. The van der Waals surface area contributed by atoms with E-state index in [1.165, 1.54) is 19.1 Å². The lowest BCUT2D eigenvalue weighted by atomic mass is 10.2. The van der Waals surface area contributed by atoms with Crippen molar-refractivity contribution in [2.45, 2.75) is 39.1 Å². The number of morpholine rings is 1. The molecule has 0 saturated carbocycles. The number of esters is 1. The van der Waals surface area contributed by atoms with Crippen LogP contribution in [0.25, 0.3) is 0 Å². The van der Waals surface area contributed by atoms with E-state index in [-0.39, 0.29) is 23.7 Å². The van der Waals surface area contributed by atoms with Gasteiger partial charge in [-0.3, -0.25) is 4.79 Å². The highest BCUT2D eigenvalue weighted by molar-refractivity contribution is 5.92. The lowest BCUT2D eigenvalue weighted by molar-refractivity contribution is -0.151. The highest BCUT2D eigenvalue weighted by Gasteiger charge is 2.30. The Labute approximate surface area is 147 Å². The van der Waals surface area contributed by atoms with Crippen molar-refractivity contribution in [1.82, 2.24) is 4.90 Å². The summed E-state index contributed by atoms with van der Waals surface area (Å²) in [4.78, 5) is 27.9. The van der Waals surface area contributed by atoms with Gasteiger partial charge in [0.15, 0.2) is 6.10 Å². The summed E-state index contributed by atoms with van der Waals surface area (Å²) in [5.41, 5.74) is 0.448. The maximum absolute atomic E-state index is 14.0. The number of nitrogens with zero attached hydrogens (tertiary/aromatic N) is 2. The predicted octanol–water partition coefficient (Wildman–Crippen LogP) is 2.07. The quantitative estimate of drug-likeness (QED) is 0.777. The van der Waals surface area contributed by atoms with E-state index >= 15 is 0 Å². The van der Waals surface area contributed by atoms with Crippen molar-refractivity contribution >= 4 is 17.6 Å². The number of carbonyl (C=O) groups is 2. The second-order valence-corrected chi connectivity index (χ2v) is 6.61. The van der Waals surface area contributed by atoms with Crippen molar-refractivity contribution in [1.29, 1.82) is 0 Å². The fourth-order valence-electron chi connectivity index (χ4n) is 2.89. The van der Waals surface area contributed by atoms with Crippen LogP contribution in [0.4, 0.5) is 10.1 Å². The van der Waals surface area contributed by atoms with Gasteiger partial charge in [0.1, 0.15) is 5.82 Å². The Kier molecular flexibility index (Phi) is 6.00. The summed E-state index contributed by atoms with van der Waals surface area (Å²) in [5, 5.41) is 0. The van der Waals surface area contributed by atoms with Gasteiger partial charge in [0.2, 0.25) is 0 Å². The van der Waals surface area contributed by atoms with Crippen LogP contribution in [0, 0.1) is 5.82 Å². The summed E-state index contributed by atoms with van der Waals surface area (Å²) < 4.78 is 24.8. The van der Waals surface area contributed by atoms with Gasteiger partial charge in [-0.15, -0.1) is 0 Å². The molecule has 0 aromatic heterocycles. The fourth-order valence-corrected chi connectivity index (χ4v) is 2.89. The maximum Gasteiger partial charge on any atom is 0.339 e. The van der Waals surface area contributed by atoms with Crippen LogP contribution in [0.5, 0.6) is 0 Å². The van der Waals surface area contributed by atoms with E-state index < -0.39 is 17.9 Å². The van der Waals surface area contributed by atoms with E-state index in [0.717, 1.165) is 6.07 Å². The van der Waals surface area contributed by atoms with Crippen LogP contribution in [0.15, 0.2) is 18.2 Å². The molecule has 138 valence electrons. The molecular formula is C18H25FN2O4. The molecule has 0 unspecified atom stereocenters. The van der Waals surface area contributed by atoms with Crippen LogP contribution in [0.3, 0.4) is 0 Å². The summed E-state index contributed by atoms with van der Waals surface area (Å²) in [5.74, 6) is -1.52. The van der Waals surface area contributed by atoms with Crippen molar-refractivity contribution in [2.75, 3.05) is 32.1 Å². The average molecular weight is 352 g/mol. The highest BCUT2D eigenvalue weighted by atomic mass is 19.1. The Bertz CT molecular complexity index is 640. The molecule has 0 aliphatic carbocycles. The van der Waals surface area contributed by atoms with Crippen LogP contribution >= 0.6 is 0 Å². The van der Waals surface area contributed by atoms with E-state index in [4.69, 9.17) is 9.47 Å². The number of rotatable bonds is 4. The number of hydrogen-bond donors (Lipinski definition) is 0. The third-order valence-corrected chi connectivity index (χ3v) is 4.03. The summed E-state index contributed by atoms with van der Waals surface area (Å²) >= 11 is 0. The summed E-state index contributed by atoms with van der Waals surface area (Å²) in [7, 11) is 3.42. The van der Waals surface area contributed by atoms with Gasteiger partial charge >= 0.3 is 5.97 Å². The number of carbonyl (C=O) groups excluding carboxylic acids is 2. The van der Waals surface area contributed by atoms with Gasteiger partial charge in [-0.05, 0) is 39.0 Å². The molecule has 1 aromatic carbocycles. The number of hydrogen-bond acceptors (Lipinski definition) is 5. The summed E-state index contributed by atoms with van der Waals surface area (Å²) in [6, 6.07) is 4.11. The molecule has 0 radical (unpaired) electrons. The Morgan fingerprint density at radius 1 is 1.28 bits per heavy atom. The molecule has 0 spiro atoms. The second-order valence-electron chi connectivity index (χ2n) is 6.61. The largest absolute Gasteiger partial charge is 0.449 e. The van der Waals surface area contributed by atoms with Crippen molar-refractivity contribution in [3.63, 3.8) is 0 Å². The smallest absolute Gasteiger partial charge is 0.339 e. The average Bonchev–Trinajstić information content (AvgIpc) is 2.52. The molecule has 1 amide bonds. The lowest BCUT2D eigenvalue weighted by Gasteiger charge is -2.36. The maximum atomic E-state index is 14.0. The molecule has 1 aliphatic heterocycles. The van der Waals surface area contributed by atoms with Gasteiger partial charge in [0.25, 0.3) is 5.91 Å². The Balaban J connectivity index is 2.02. The van der Waals surface area contributed by atoms with E-state index in [0.29, 0.717) is 18.8 Å². The number of ether oxygens (including phenoxy) is 2. The van der Waals surface area contributed by atoms with Gasteiger partial charge in [0, 0.05) is 27.2 Å². The number of benzene rings is 1. The summed E-state index contributed by atoms with van der Waals surface area (Å²) in [6.45, 7) is 6.22. The van der Waals surface area contributed by atoms with Gasteiger partial charge in [-0.2, -0.15) is 0 Å². The van der Waals surface area contributed by atoms with Crippen molar-refractivity contribution < 1.29 is 23.5 Å². The second kappa shape index (κ2) is 7.82. The number of halogens is 1. The lowest BCUT2D eigenvalue weighted by Crippen LogP contribution is -2.51. The molecule has 1 aromatic rings. The van der Waals surface area contributed by atoms with Crippen molar-refractivity contribution in [3.05, 3.63) is 29.6 Å². The van der Waals surface area contributed by atoms with Crippen LogP contribution in [-0.4, -0.2) is 62.3 Å². The minimum atomic E-state index is -0.943. The zero-order valence-electron chi connectivity index (χ0n) is 15.3. The molecule has 7 heteroatoms. The van der Waals surface area contributed by atoms with Gasteiger partial charge in [0.05, 0.1) is 23.5 Å². The van der Waals surface area contributed by atoms with Gasteiger partial charge in [-0.25, -0.2) is 9.18 Å². The van der Waals surface area contributed by atoms with Crippen LogP contribution in [0.2, 0.25) is 0 Å². The first-order chi connectivity index (χ1) is 11.7. The molecule has 1 aliphatic rings. The molecule has 1 heterocycles. The molecule has 0 bridgehead atoms. The van der Waals surface area contributed by atoms with E-state index in [9.17, 15) is 14.0 Å². The Morgan fingerprint density at radius 2 is 1.88 bits per heavy atom. The van der Waals surface area contributed by atoms with Crippen LogP contribution < -0.4 is 4.90 Å². The first kappa shape index (κ1) is 19.2. The number of anilines is 1. The zero-order valence-corrected chi connectivity index (χ0v) is 15.3. The molecule has 0 N–H and O–H groups in total. The van der Waals surface area contributed by atoms with Gasteiger partial charge in [-0.1, -0.05) is 0 Å². The monoisotopic (exact) mass is 352 g/mol. The molecule has 6 nitrogen and oxygen atoms in total. The van der Waals surface area contributed by atoms with Crippen LogP contribution in [0.1, 0.15) is 31.1 Å². The predicted molar refractivity (Wildman–Crippen MR) is 92.2 cm³/mol. The first-order valence-corrected chi connectivity index (χ1v) is 8.31. The topological polar surface area (TPSA) is 59.1 Å². The van der Waals surface area contributed by atoms with E-state index in [1.807, 2.05) is 13.8 Å². The fraction of sp³-hybridized carbons (Fsp3) is 0.556. The van der Waals surface area contributed by atoms with E-state index in [2.05, 4.69) is 0 Å². The SMILES string of the molecule is C[C@@H]1CN(C(=O)[C@@H](C)OC(=O)c2ccc(N(C)C)c(F)c2)C[C@@H](C)O1. The van der Waals surface area contributed by atoms with Crippen molar-refractivity contribution in [2.24, 2.45) is 0 Å². The molecule has 2 rings (SSSR count). The first-order valence-electron chi connectivity index (χ1n) is 8.31. The third-order valence-electron chi connectivity index (χ3n) is 4.03. The Morgan fingerprint density at radius 3 is 2.40 bits per heavy atom. The standard InChI is InChI=1S/C18H25FN2O4/c1-11-9-21(10-12(2)24-11)17(22)13(3)25-18(23)14-6-7-16(20(4)5)15(19)8-14/h6-8,11-13H,9-10H2,1-5H3/t11-,12-,13-/m1/s1. The molecule has 1 saturated heterocycles. The highest BCUT2D eigenvalue weighted by Crippen LogP contribution is 2.19. The van der Waals surface area contributed by atoms with E-state index in [1.54, 1.807) is 23.9 Å². The van der Waals surface area contributed by atoms with Gasteiger partial charge < -0.3 is 19.3 Å².